The van der Waals surface area contributed by atoms with Crippen LogP contribution in [0.2, 0.25) is 0 Å². The van der Waals surface area contributed by atoms with E-state index in [2.05, 4.69) is 0 Å². The number of aliphatic hydroxyl groups excluding tert-OH is 1. The summed E-state index contributed by atoms with van der Waals surface area (Å²) in [6.45, 7) is 4.65. The van der Waals surface area contributed by atoms with Gasteiger partial charge in [-0.05, 0) is 17.9 Å². The van der Waals surface area contributed by atoms with E-state index in [1.807, 2.05) is 68.5 Å². The molecule has 8 heteroatoms. The lowest BCUT2D eigenvalue weighted by Gasteiger charge is -2.40. The Kier molecular flexibility index (Phi) is 6.74. The Labute approximate surface area is 211 Å². The fraction of sp³-hybridized carbons (Fsp3) is 0.536. The summed E-state index contributed by atoms with van der Waals surface area (Å²) < 4.78 is 12.0. The molecule has 4 heterocycles. The maximum atomic E-state index is 14.3. The third kappa shape index (κ3) is 3.87. The number of aliphatic hydroxyl groups is 1. The standard InChI is InChI=1S/C28H34N2O6/c1-3-18(2)20(17-31)30-24-26(33)29(16-19-10-5-4-6-11-19)14-9-13-28(24)23(25(30)32)22-21(36-28)12-7-8-15-35-27(22)34/h4-7,9-13,18,20-24,31H,3,8,14-17H2,1-2H3/t18-,20-,21-,22+,23-,24?,28-/m0/s1. The van der Waals surface area contributed by atoms with E-state index in [-0.39, 0.29) is 30.9 Å². The quantitative estimate of drug-likeness (QED) is 0.481. The Hall–Kier alpha value is -2.97. The van der Waals surface area contributed by atoms with Crippen molar-refractivity contribution in [3.63, 3.8) is 0 Å². The molecule has 0 saturated carbocycles. The second-order valence-electron chi connectivity index (χ2n) is 10.2. The van der Waals surface area contributed by atoms with Gasteiger partial charge in [-0.3, -0.25) is 14.4 Å². The number of amides is 2. The number of rotatable bonds is 6. The molecule has 0 bridgehead atoms. The summed E-state index contributed by atoms with van der Waals surface area (Å²) in [6.07, 6.45) is 8.05. The molecule has 192 valence electrons. The van der Waals surface area contributed by atoms with Crippen molar-refractivity contribution in [2.45, 2.75) is 57.0 Å². The van der Waals surface area contributed by atoms with Gasteiger partial charge >= 0.3 is 5.97 Å². The zero-order valence-electron chi connectivity index (χ0n) is 20.8. The topological polar surface area (TPSA) is 96.4 Å². The van der Waals surface area contributed by atoms with Gasteiger partial charge in [-0.15, -0.1) is 0 Å². The summed E-state index contributed by atoms with van der Waals surface area (Å²) in [5.41, 5.74) is -0.340. The van der Waals surface area contributed by atoms with Crippen molar-refractivity contribution in [2.24, 2.45) is 17.8 Å². The molecule has 36 heavy (non-hydrogen) atoms. The van der Waals surface area contributed by atoms with E-state index in [1.54, 1.807) is 4.90 Å². The van der Waals surface area contributed by atoms with Crippen LogP contribution >= 0.6 is 0 Å². The molecular formula is C28H34N2O6. The van der Waals surface area contributed by atoms with Crippen LogP contribution in [0.3, 0.4) is 0 Å². The summed E-state index contributed by atoms with van der Waals surface area (Å²) in [6, 6.07) is 8.13. The number of fused-ring (bicyclic) bond motifs is 2. The molecule has 0 aliphatic carbocycles. The largest absolute Gasteiger partial charge is 0.465 e. The minimum atomic E-state index is -1.32. The summed E-state index contributed by atoms with van der Waals surface area (Å²) in [7, 11) is 0. The van der Waals surface area contributed by atoms with E-state index in [0.29, 0.717) is 19.5 Å². The number of ether oxygens (including phenoxy) is 2. The fourth-order valence-electron chi connectivity index (χ4n) is 6.21. The second kappa shape index (κ2) is 9.82. The number of esters is 1. The SMILES string of the molecule is CC[C@H](C)[C@H](CO)N1C(=O)[C@@H]2[C@@H]3C(=O)OCCC=C[C@@H]3O[C@@]23C=CCN(Cc2ccccc2)C(=O)C13. The smallest absolute Gasteiger partial charge is 0.312 e. The van der Waals surface area contributed by atoms with Crippen molar-refractivity contribution in [3.8, 4) is 0 Å². The zero-order chi connectivity index (χ0) is 25.4. The normalized spacial score (nSPS) is 33.2. The number of nitrogens with zero attached hydrogens (tertiary/aromatic N) is 2. The van der Waals surface area contributed by atoms with Gasteiger partial charge in [0.15, 0.2) is 0 Å². The van der Waals surface area contributed by atoms with Crippen LogP contribution in [0.5, 0.6) is 0 Å². The Balaban J connectivity index is 1.61. The molecule has 8 nitrogen and oxygen atoms in total. The Bertz CT molecular complexity index is 1070. The fourth-order valence-corrected chi connectivity index (χ4v) is 6.21. The first-order valence-electron chi connectivity index (χ1n) is 12.9. The van der Waals surface area contributed by atoms with Gasteiger partial charge in [-0.1, -0.05) is 74.9 Å². The molecule has 2 saturated heterocycles. The van der Waals surface area contributed by atoms with E-state index in [1.165, 1.54) is 4.90 Å². The first-order chi connectivity index (χ1) is 17.4. The molecular weight excluding hydrogens is 460 g/mol. The zero-order valence-corrected chi connectivity index (χ0v) is 20.8. The number of hydrogen-bond donors (Lipinski definition) is 1. The van der Waals surface area contributed by atoms with Crippen LogP contribution in [0.15, 0.2) is 54.6 Å². The van der Waals surface area contributed by atoms with Crippen LogP contribution in [-0.4, -0.2) is 76.2 Å². The van der Waals surface area contributed by atoms with Crippen molar-refractivity contribution >= 4 is 17.8 Å². The number of benzene rings is 1. The van der Waals surface area contributed by atoms with Crippen molar-refractivity contribution in [3.05, 3.63) is 60.2 Å². The molecule has 5 rings (SSSR count). The highest BCUT2D eigenvalue weighted by atomic mass is 16.6. The molecule has 4 aliphatic rings. The van der Waals surface area contributed by atoms with Crippen LogP contribution in [0.25, 0.3) is 0 Å². The lowest BCUT2D eigenvalue weighted by atomic mass is 9.77. The highest BCUT2D eigenvalue weighted by Gasteiger charge is 2.72. The maximum Gasteiger partial charge on any atom is 0.312 e. The molecule has 1 aromatic rings. The Morgan fingerprint density at radius 3 is 2.64 bits per heavy atom. The molecule has 2 amide bonds. The van der Waals surface area contributed by atoms with Gasteiger partial charge in [-0.25, -0.2) is 0 Å². The molecule has 1 spiro atoms. The van der Waals surface area contributed by atoms with Gasteiger partial charge in [0.25, 0.3) is 0 Å². The molecule has 2 fully saturated rings. The summed E-state index contributed by atoms with van der Waals surface area (Å²) >= 11 is 0. The first kappa shape index (κ1) is 24.7. The van der Waals surface area contributed by atoms with E-state index >= 15 is 0 Å². The van der Waals surface area contributed by atoms with Gasteiger partial charge < -0.3 is 24.4 Å². The monoisotopic (exact) mass is 494 g/mol. The molecule has 0 radical (unpaired) electrons. The van der Waals surface area contributed by atoms with Crippen LogP contribution in [0.4, 0.5) is 0 Å². The molecule has 7 atom stereocenters. The highest BCUT2D eigenvalue weighted by Crippen LogP contribution is 2.54. The van der Waals surface area contributed by atoms with Crippen LogP contribution in [0, 0.1) is 17.8 Å². The minimum absolute atomic E-state index is 0.0580. The maximum absolute atomic E-state index is 14.3. The average Bonchev–Trinajstić information content (AvgIpc) is 3.26. The predicted molar refractivity (Wildman–Crippen MR) is 131 cm³/mol. The lowest BCUT2D eigenvalue weighted by molar-refractivity contribution is -0.157. The number of carbonyl (C=O) groups is 3. The van der Waals surface area contributed by atoms with Gasteiger partial charge in [0, 0.05) is 13.1 Å². The van der Waals surface area contributed by atoms with E-state index in [4.69, 9.17) is 9.47 Å². The van der Waals surface area contributed by atoms with Crippen molar-refractivity contribution in [1.29, 1.82) is 0 Å². The first-order valence-corrected chi connectivity index (χ1v) is 12.9. The van der Waals surface area contributed by atoms with E-state index in [9.17, 15) is 19.5 Å². The minimum Gasteiger partial charge on any atom is -0.465 e. The number of likely N-dealkylation sites (tertiary alicyclic amines) is 1. The van der Waals surface area contributed by atoms with Gasteiger partial charge in [0.05, 0.1) is 31.3 Å². The van der Waals surface area contributed by atoms with Crippen LogP contribution in [-0.2, 0) is 30.4 Å². The number of cyclic esters (lactones) is 1. The van der Waals surface area contributed by atoms with E-state index in [0.717, 1.165) is 12.0 Å². The average molecular weight is 495 g/mol. The summed E-state index contributed by atoms with van der Waals surface area (Å²) in [5.74, 6) is -2.87. The Morgan fingerprint density at radius 1 is 1.14 bits per heavy atom. The van der Waals surface area contributed by atoms with Crippen molar-refractivity contribution in [2.75, 3.05) is 19.8 Å². The summed E-state index contributed by atoms with van der Waals surface area (Å²) in [4.78, 5) is 44.9. The van der Waals surface area contributed by atoms with Crippen LogP contribution < -0.4 is 0 Å². The molecule has 1 unspecified atom stereocenters. The third-order valence-corrected chi connectivity index (χ3v) is 8.20. The highest BCUT2D eigenvalue weighted by molar-refractivity contribution is 5.99. The Morgan fingerprint density at radius 2 is 1.92 bits per heavy atom. The van der Waals surface area contributed by atoms with Gasteiger partial charge in [-0.2, -0.15) is 0 Å². The van der Waals surface area contributed by atoms with E-state index < -0.39 is 41.6 Å². The lowest BCUT2D eigenvalue weighted by Crippen LogP contribution is -2.59. The van der Waals surface area contributed by atoms with Crippen molar-refractivity contribution in [1.82, 2.24) is 9.80 Å². The number of hydrogen-bond acceptors (Lipinski definition) is 6. The molecule has 1 aromatic carbocycles. The van der Waals surface area contributed by atoms with Gasteiger partial charge in [0.2, 0.25) is 11.8 Å². The summed E-state index contributed by atoms with van der Waals surface area (Å²) in [5, 5.41) is 10.4. The molecule has 1 N–H and O–H groups in total. The number of carbonyl (C=O) groups excluding carboxylic acids is 3. The predicted octanol–water partition coefficient (Wildman–Crippen LogP) is 2.08. The van der Waals surface area contributed by atoms with Crippen LogP contribution in [0.1, 0.15) is 32.3 Å². The van der Waals surface area contributed by atoms with Crippen molar-refractivity contribution < 1.29 is 29.0 Å². The molecule has 0 aromatic heterocycles. The molecule has 4 aliphatic heterocycles. The third-order valence-electron chi connectivity index (χ3n) is 8.20. The second-order valence-corrected chi connectivity index (χ2v) is 10.2. The van der Waals surface area contributed by atoms with Gasteiger partial charge in [0.1, 0.15) is 17.6 Å².